The minimum Gasteiger partial charge on any atom is -0.507 e. The quantitative estimate of drug-likeness (QED) is 0.122. The zero-order chi connectivity index (χ0) is 42.1. The highest BCUT2D eigenvalue weighted by Gasteiger charge is 2.18. The molecule has 7 aromatic rings. The Kier molecular flexibility index (Phi) is 13.8. The van der Waals surface area contributed by atoms with Gasteiger partial charge in [-0.05, 0) is 142 Å². The Morgan fingerprint density at radius 1 is 0.610 bits per heavy atom. The van der Waals surface area contributed by atoms with Crippen molar-refractivity contribution in [3.63, 3.8) is 0 Å². The first-order valence-electron chi connectivity index (χ1n) is 19.0. The summed E-state index contributed by atoms with van der Waals surface area (Å²) < 4.78 is 25.7. The smallest absolute Gasteiger partial charge is 0.338 e. The van der Waals surface area contributed by atoms with Crippen LogP contribution in [0.2, 0.25) is 10.0 Å². The van der Waals surface area contributed by atoms with Crippen LogP contribution in [0.4, 0.5) is 0 Å². The molecule has 0 atom stereocenters. The van der Waals surface area contributed by atoms with Crippen LogP contribution in [0.3, 0.4) is 0 Å². The molecule has 5 aromatic carbocycles. The van der Waals surface area contributed by atoms with Crippen molar-refractivity contribution >= 4 is 35.1 Å². The van der Waals surface area contributed by atoms with Gasteiger partial charge in [0.25, 0.3) is 0 Å². The van der Waals surface area contributed by atoms with Gasteiger partial charge in [-0.2, -0.15) is 0 Å². The lowest BCUT2D eigenvalue weighted by atomic mass is 10.1. The number of benzene rings is 5. The molecule has 0 amide bonds. The number of ether oxygens (including phenoxy) is 4. The fourth-order valence-corrected chi connectivity index (χ4v) is 6.92. The lowest BCUT2D eigenvalue weighted by molar-refractivity contribution is 0.0516. The molecule has 0 spiro atoms. The Morgan fingerprint density at radius 2 is 1.12 bits per heavy atom. The van der Waals surface area contributed by atoms with Gasteiger partial charge < -0.3 is 33.2 Å². The minimum absolute atomic E-state index is 0.144. The Hall–Kier alpha value is -6.42. The highest BCUT2D eigenvalue weighted by atomic mass is 35.5. The fourth-order valence-electron chi connectivity index (χ4n) is 6.58. The van der Waals surface area contributed by atoms with E-state index in [9.17, 15) is 14.7 Å². The van der Waals surface area contributed by atoms with E-state index in [0.717, 1.165) is 51.0 Å². The summed E-state index contributed by atoms with van der Waals surface area (Å²) in [5.41, 5.74) is 8.82. The van der Waals surface area contributed by atoms with Gasteiger partial charge in [0, 0.05) is 43.9 Å². The van der Waals surface area contributed by atoms with Crippen LogP contribution in [0.15, 0.2) is 133 Å². The fraction of sp³-hybridized carbons (Fsp3) is 0.167. The zero-order valence-electron chi connectivity index (χ0n) is 33.4. The third kappa shape index (κ3) is 10.0. The summed E-state index contributed by atoms with van der Waals surface area (Å²) in [4.78, 5) is 24.3. The van der Waals surface area contributed by atoms with Crippen LogP contribution in [-0.4, -0.2) is 46.5 Å². The summed E-state index contributed by atoms with van der Waals surface area (Å²) in [5.74, 6) is 0.948. The number of carbonyl (C=O) groups is 2. The first-order valence-corrected chi connectivity index (χ1v) is 19.7. The summed E-state index contributed by atoms with van der Waals surface area (Å²) in [6, 6.07) is 40.8. The molecule has 0 aliphatic rings. The molecule has 1 N–H and O–H groups in total. The molecule has 2 aromatic heterocycles. The predicted molar refractivity (Wildman–Crippen MR) is 233 cm³/mol. The van der Waals surface area contributed by atoms with Crippen molar-refractivity contribution in [1.29, 1.82) is 0 Å². The van der Waals surface area contributed by atoms with Gasteiger partial charge in [-0.15, -0.1) is 0 Å². The molecule has 2 heterocycles. The maximum Gasteiger partial charge on any atom is 0.338 e. The van der Waals surface area contributed by atoms with Crippen LogP contribution in [-0.2, 0) is 16.1 Å². The van der Waals surface area contributed by atoms with Gasteiger partial charge in [-0.1, -0.05) is 47.5 Å². The average Bonchev–Trinajstić information content (AvgIpc) is 3.83. The van der Waals surface area contributed by atoms with Crippen LogP contribution in [0, 0.1) is 13.8 Å². The van der Waals surface area contributed by atoms with E-state index in [1.54, 1.807) is 57.4 Å². The molecule has 0 saturated heterocycles. The number of nitrogens with zero attached hydrogens (tertiary/aromatic N) is 2. The number of phenolic OH excluding ortho intramolecular Hbond substituents is 1. The maximum atomic E-state index is 12.3. The second kappa shape index (κ2) is 19.4. The molecule has 59 heavy (non-hydrogen) atoms. The Morgan fingerprint density at radius 3 is 1.64 bits per heavy atom. The van der Waals surface area contributed by atoms with E-state index in [1.807, 2.05) is 115 Å². The van der Waals surface area contributed by atoms with Crippen molar-refractivity contribution in [2.75, 3.05) is 20.3 Å². The van der Waals surface area contributed by atoms with Crippen LogP contribution >= 0.6 is 23.2 Å². The van der Waals surface area contributed by atoms with E-state index in [0.29, 0.717) is 52.3 Å². The van der Waals surface area contributed by atoms with E-state index in [4.69, 9.17) is 42.1 Å². The van der Waals surface area contributed by atoms with Crippen molar-refractivity contribution in [3.05, 3.63) is 172 Å². The van der Waals surface area contributed by atoms with Crippen molar-refractivity contribution < 1.29 is 33.6 Å². The van der Waals surface area contributed by atoms with Crippen molar-refractivity contribution in [2.45, 2.75) is 34.3 Å². The van der Waals surface area contributed by atoms with Crippen LogP contribution in [0.5, 0.6) is 17.2 Å². The summed E-state index contributed by atoms with van der Waals surface area (Å²) in [6.45, 7) is 8.60. The van der Waals surface area contributed by atoms with E-state index >= 15 is 0 Å². The van der Waals surface area contributed by atoms with Crippen molar-refractivity contribution in [3.8, 4) is 51.1 Å². The molecular weight excluding hydrogens is 787 g/mol. The maximum absolute atomic E-state index is 12.3. The minimum atomic E-state index is -0.360. The average molecular weight is 832 g/mol. The number of rotatable bonds is 12. The van der Waals surface area contributed by atoms with E-state index < -0.39 is 0 Å². The second-order valence-corrected chi connectivity index (χ2v) is 14.2. The molecule has 0 bridgehead atoms. The lowest BCUT2D eigenvalue weighted by Crippen LogP contribution is -2.07. The predicted octanol–water partition coefficient (Wildman–Crippen LogP) is 11.9. The summed E-state index contributed by atoms with van der Waals surface area (Å²) >= 11 is 12.5. The molecule has 7 rings (SSSR count). The molecule has 0 aliphatic heterocycles. The molecule has 0 fully saturated rings. The number of esters is 2. The second-order valence-electron chi connectivity index (χ2n) is 13.4. The summed E-state index contributed by atoms with van der Waals surface area (Å²) in [5, 5.41) is 11.4. The SMILES string of the molecule is CCOC(=O)c1cccc(-n2c(C)ccc2-c2cc(Cl)ccc2O)c1.CCOC(=O)c1cccc(-n2c(C)ccc2-c2cc(Cl)ccc2OCc2ccc(OC)cc2)c1. The topological polar surface area (TPSA) is 101 Å². The van der Waals surface area contributed by atoms with Gasteiger partial charge in [0.15, 0.2) is 0 Å². The van der Waals surface area contributed by atoms with E-state index in [1.165, 1.54) is 0 Å². The van der Waals surface area contributed by atoms with Crippen LogP contribution in [0.1, 0.15) is 51.5 Å². The number of methoxy groups -OCH3 is 1. The molecule has 9 nitrogen and oxygen atoms in total. The molecular formula is C48H44Cl2N2O7. The van der Waals surface area contributed by atoms with Gasteiger partial charge >= 0.3 is 11.9 Å². The van der Waals surface area contributed by atoms with Gasteiger partial charge in [0.2, 0.25) is 0 Å². The third-order valence-electron chi connectivity index (χ3n) is 9.39. The molecule has 11 heteroatoms. The van der Waals surface area contributed by atoms with Crippen molar-refractivity contribution in [1.82, 2.24) is 9.13 Å². The number of aromatic nitrogens is 2. The first-order chi connectivity index (χ1) is 28.5. The first kappa shape index (κ1) is 42.2. The standard InChI is InChI=1S/C28H26ClNO4.C20H18ClNO3/c1-4-33-28(31)21-6-5-7-23(16-21)30-19(2)8-14-26(30)25-17-22(29)11-15-27(25)34-18-20-9-12-24(32-3)13-10-20;1-3-25-20(24)14-5-4-6-16(11-14)22-13(2)7-9-18(22)17-12-15(21)8-10-19(17)23/h5-17H,4,18H2,1-3H3;4-12,23H,3H2,1-2H3. The van der Waals surface area contributed by atoms with E-state index in [-0.39, 0.29) is 17.7 Å². The summed E-state index contributed by atoms with van der Waals surface area (Å²) in [6.07, 6.45) is 0. The largest absolute Gasteiger partial charge is 0.507 e. The number of aryl methyl sites for hydroxylation is 2. The molecule has 0 saturated carbocycles. The normalized spacial score (nSPS) is 10.7. The van der Waals surface area contributed by atoms with Gasteiger partial charge in [-0.3, -0.25) is 0 Å². The van der Waals surface area contributed by atoms with Crippen LogP contribution in [0.25, 0.3) is 33.9 Å². The Balaban J connectivity index is 0.000000208. The number of hydrogen-bond acceptors (Lipinski definition) is 7. The molecule has 302 valence electrons. The molecule has 0 aliphatic carbocycles. The van der Waals surface area contributed by atoms with Gasteiger partial charge in [0.1, 0.15) is 23.9 Å². The third-order valence-corrected chi connectivity index (χ3v) is 9.86. The van der Waals surface area contributed by atoms with Gasteiger partial charge in [-0.25, -0.2) is 9.59 Å². The van der Waals surface area contributed by atoms with E-state index in [2.05, 4.69) is 4.57 Å². The molecule has 0 unspecified atom stereocenters. The summed E-state index contributed by atoms with van der Waals surface area (Å²) in [7, 11) is 1.64. The number of hydrogen-bond donors (Lipinski definition) is 1. The molecule has 0 radical (unpaired) electrons. The van der Waals surface area contributed by atoms with Crippen LogP contribution < -0.4 is 9.47 Å². The zero-order valence-corrected chi connectivity index (χ0v) is 34.9. The number of carbonyl (C=O) groups excluding carboxylic acids is 2. The number of halogens is 2. The Bertz CT molecular complexity index is 2580. The number of aromatic hydroxyl groups is 1. The van der Waals surface area contributed by atoms with Crippen molar-refractivity contribution in [2.24, 2.45) is 0 Å². The van der Waals surface area contributed by atoms with Gasteiger partial charge in [0.05, 0.1) is 42.8 Å². The number of phenols is 1. The monoisotopic (exact) mass is 830 g/mol. The highest BCUT2D eigenvalue weighted by molar-refractivity contribution is 6.31. The lowest BCUT2D eigenvalue weighted by Gasteiger charge is -2.17. The Labute approximate surface area is 353 Å². The highest BCUT2D eigenvalue weighted by Crippen LogP contribution is 2.37.